The highest BCUT2D eigenvalue weighted by atomic mass is 16.5. The number of hydrogen-bond acceptors (Lipinski definition) is 6. The zero-order chi connectivity index (χ0) is 27.9. The fourth-order valence-electron chi connectivity index (χ4n) is 4.65. The van der Waals surface area contributed by atoms with Gasteiger partial charge in [0.05, 0.1) is 41.8 Å². The minimum absolute atomic E-state index is 0.223. The standard InChI is InChI=1S/C30H31N7O3/c1-40-30-23(18-20-9-5-6-12-24(20)36-30)26-19-32-28(34-26)25(13-3-2-4-14-27(31)38)35-29(39)21-10-7-11-22(17-21)37-16-8-15-33-37/h5-12,15-19,25H,2-4,13-14H2,1H3,(H2,31,38)(H,32,34)(H,35,39)/t25-/m0/s1. The molecule has 0 spiro atoms. The second-order valence-corrected chi connectivity index (χ2v) is 9.51. The number of hydrogen-bond donors (Lipinski definition) is 3. The van der Waals surface area contributed by atoms with Crippen LogP contribution in [0.1, 0.15) is 54.3 Å². The van der Waals surface area contributed by atoms with E-state index in [2.05, 4.69) is 25.4 Å². The van der Waals surface area contributed by atoms with E-state index in [1.165, 1.54) is 0 Å². The number of aromatic amines is 1. The molecule has 2 amide bonds. The van der Waals surface area contributed by atoms with Gasteiger partial charge in [0.2, 0.25) is 11.8 Å². The summed E-state index contributed by atoms with van der Waals surface area (Å²) in [6, 6.07) is 18.6. The molecule has 5 aromatic rings. The lowest BCUT2D eigenvalue weighted by atomic mass is 10.1. The number of fused-ring (bicyclic) bond motifs is 1. The molecule has 1 atom stereocenters. The van der Waals surface area contributed by atoms with E-state index in [-0.39, 0.29) is 17.9 Å². The molecule has 4 N–H and O–H groups in total. The van der Waals surface area contributed by atoms with Gasteiger partial charge in [-0.05, 0) is 49.2 Å². The SMILES string of the molecule is COc1nc2ccccc2cc1-c1cnc([C@H](CCCCCC(N)=O)NC(=O)c2cccc(-n3cccn3)c2)[nH]1. The van der Waals surface area contributed by atoms with Crippen molar-refractivity contribution in [1.82, 2.24) is 30.0 Å². The fraction of sp³-hybridized carbons (Fsp3) is 0.233. The molecule has 0 fully saturated rings. The zero-order valence-electron chi connectivity index (χ0n) is 22.2. The molecular weight excluding hydrogens is 506 g/mol. The summed E-state index contributed by atoms with van der Waals surface area (Å²) in [5.41, 5.74) is 8.93. The molecule has 0 saturated heterocycles. The normalized spacial score (nSPS) is 11.8. The lowest BCUT2D eigenvalue weighted by Gasteiger charge is -2.17. The largest absolute Gasteiger partial charge is 0.480 e. The van der Waals surface area contributed by atoms with Crippen molar-refractivity contribution in [2.75, 3.05) is 7.11 Å². The number of nitrogens with zero attached hydrogens (tertiary/aromatic N) is 4. The summed E-state index contributed by atoms with van der Waals surface area (Å²) in [5, 5.41) is 8.37. The number of primary amides is 1. The van der Waals surface area contributed by atoms with E-state index in [9.17, 15) is 9.59 Å². The Kier molecular flexibility index (Phi) is 8.15. The second-order valence-electron chi connectivity index (χ2n) is 9.51. The summed E-state index contributed by atoms with van der Waals surface area (Å²) >= 11 is 0. The van der Waals surface area contributed by atoms with Crippen molar-refractivity contribution in [3.05, 3.63) is 90.6 Å². The molecule has 0 aliphatic carbocycles. The predicted molar refractivity (Wildman–Crippen MR) is 152 cm³/mol. The Labute approximate surface area is 231 Å². The lowest BCUT2D eigenvalue weighted by Crippen LogP contribution is -2.29. The Morgan fingerprint density at radius 2 is 1.95 bits per heavy atom. The van der Waals surface area contributed by atoms with E-state index in [0.717, 1.165) is 40.7 Å². The van der Waals surface area contributed by atoms with Crippen LogP contribution < -0.4 is 15.8 Å². The van der Waals surface area contributed by atoms with Gasteiger partial charge in [-0.3, -0.25) is 9.59 Å². The van der Waals surface area contributed by atoms with Crippen LogP contribution >= 0.6 is 0 Å². The number of aromatic nitrogens is 5. The maximum atomic E-state index is 13.4. The monoisotopic (exact) mass is 537 g/mol. The van der Waals surface area contributed by atoms with E-state index in [1.807, 2.05) is 54.7 Å². The minimum Gasteiger partial charge on any atom is -0.480 e. The van der Waals surface area contributed by atoms with Gasteiger partial charge < -0.3 is 20.8 Å². The van der Waals surface area contributed by atoms with Crippen LogP contribution in [0.3, 0.4) is 0 Å². The molecule has 0 bridgehead atoms. The molecule has 10 nitrogen and oxygen atoms in total. The zero-order valence-corrected chi connectivity index (χ0v) is 22.2. The number of imidazole rings is 1. The number of carbonyl (C=O) groups excluding carboxylic acids is 2. The van der Waals surface area contributed by atoms with Gasteiger partial charge in [-0.25, -0.2) is 14.6 Å². The summed E-state index contributed by atoms with van der Waals surface area (Å²) in [6.07, 6.45) is 8.50. The molecule has 3 aromatic heterocycles. The third kappa shape index (κ3) is 6.17. The molecular formula is C30H31N7O3. The van der Waals surface area contributed by atoms with Gasteiger partial charge in [-0.1, -0.05) is 37.1 Å². The Hall–Kier alpha value is -4.99. The first-order valence-electron chi connectivity index (χ1n) is 13.2. The second kappa shape index (κ2) is 12.2. The van der Waals surface area contributed by atoms with Crippen LogP contribution in [0.15, 0.2) is 79.3 Å². The first kappa shape index (κ1) is 26.6. The average molecular weight is 538 g/mol. The van der Waals surface area contributed by atoms with Crippen molar-refractivity contribution in [2.45, 2.75) is 38.1 Å². The molecule has 0 radical (unpaired) electrons. The summed E-state index contributed by atoms with van der Waals surface area (Å²) in [5.74, 6) is 0.572. The maximum absolute atomic E-state index is 13.4. The molecule has 5 rings (SSSR count). The van der Waals surface area contributed by atoms with Gasteiger partial charge >= 0.3 is 0 Å². The lowest BCUT2D eigenvalue weighted by molar-refractivity contribution is -0.118. The first-order chi connectivity index (χ1) is 19.5. The molecule has 0 unspecified atom stereocenters. The number of benzene rings is 2. The summed E-state index contributed by atoms with van der Waals surface area (Å²) < 4.78 is 7.28. The predicted octanol–water partition coefficient (Wildman–Crippen LogP) is 4.73. The molecule has 0 aliphatic heterocycles. The molecule has 10 heteroatoms. The van der Waals surface area contributed by atoms with Crippen molar-refractivity contribution >= 4 is 22.7 Å². The molecule has 40 heavy (non-hydrogen) atoms. The van der Waals surface area contributed by atoms with Gasteiger partial charge in [0.25, 0.3) is 5.91 Å². The van der Waals surface area contributed by atoms with Crippen LogP contribution in [0, 0.1) is 0 Å². The number of ether oxygens (including phenoxy) is 1. The van der Waals surface area contributed by atoms with Gasteiger partial charge in [0.15, 0.2) is 0 Å². The number of pyridine rings is 1. The van der Waals surface area contributed by atoms with Crippen molar-refractivity contribution in [3.63, 3.8) is 0 Å². The average Bonchev–Trinajstić information content (AvgIpc) is 3.69. The third-order valence-corrected chi connectivity index (χ3v) is 6.70. The van der Waals surface area contributed by atoms with E-state index >= 15 is 0 Å². The van der Waals surface area contributed by atoms with Crippen LogP contribution in [-0.4, -0.2) is 43.7 Å². The topological polar surface area (TPSA) is 141 Å². The first-order valence-corrected chi connectivity index (χ1v) is 13.2. The molecule has 2 aromatic carbocycles. The molecule has 3 heterocycles. The van der Waals surface area contributed by atoms with Gasteiger partial charge in [-0.15, -0.1) is 0 Å². The van der Waals surface area contributed by atoms with E-state index in [1.54, 1.807) is 36.3 Å². The van der Waals surface area contributed by atoms with Gasteiger partial charge in [0, 0.05) is 29.8 Å². The number of H-pyrrole nitrogens is 1. The van der Waals surface area contributed by atoms with Crippen LogP contribution in [0.5, 0.6) is 5.88 Å². The van der Waals surface area contributed by atoms with E-state index < -0.39 is 0 Å². The summed E-state index contributed by atoms with van der Waals surface area (Å²) in [7, 11) is 1.59. The van der Waals surface area contributed by atoms with Crippen LogP contribution in [-0.2, 0) is 4.79 Å². The van der Waals surface area contributed by atoms with E-state index in [4.69, 9.17) is 10.5 Å². The van der Waals surface area contributed by atoms with Crippen LogP contribution in [0.2, 0.25) is 0 Å². The van der Waals surface area contributed by atoms with Crippen molar-refractivity contribution in [2.24, 2.45) is 5.73 Å². The van der Waals surface area contributed by atoms with Crippen molar-refractivity contribution < 1.29 is 14.3 Å². The highest BCUT2D eigenvalue weighted by Crippen LogP contribution is 2.31. The molecule has 0 aliphatic rings. The maximum Gasteiger partial charge on any atom is 0.251 e. The minimum atomic E-state index is -0.386. The third-order valence-electron chi connectivity index (χ3n) is 6.70. The number of amides is 2. The number of carbonyl (C=O) groups is 2. The number of nitrogens with one attached hydrogen (secondary N) is 2. The van der Waals surface area contributed by atoms with Crippen molar-refractivity contribution in [1.29, 1.82) is 0 Å². The van der Waals surface area contributed by atoms with Crippen LogP contribution in [0.25, 0.3) is 27.8 Å². The van der Waals surface area contributed by atoms with Crippen LogP contribution in [0.4, 0.5) is 0 Å². The fourth-order valence-corrected chi connectivity index (χ4v) is 4.65. The summed E-state index contributed by atoms with van der Waals surface area (Å²) in [6.45, 7) is 0. The Bertz CT molecular complexity index is 1610. The van der Waals surface area contributed by atoms with Gasteiger partial charge in [-0.2, -0.15) is 5.10 Å². The van der Waals surface area contributed by atoms with Gasteiger partial charge in [0.1, 0.15) is 5.82 Å². The quantitative estimate of drug-likeness (QED) is 0.197. The Morgan fingerprint density at radius 1 is 1.07 bits per heavy atom. The highest BCUT2D eigenvalue weighted by molar-refractivity contribution is 5.95. The highest BCUT2D eigenvalue weighted by Gasteiger charge is 2.21. The number of rotatable bonds is 12. The summed E-state index contributed by atoms with van der Waals surface area (Å²) in [4.78, 5) is 37.2. The number of para-hydroxylation sites is 1. The smallest absolute Gasteiger partial charge is 0.251 e. The number of methoxy groups -OCH3 is 1. The molecule has 0 saturated carbocycles. The Balaban J connectivity index is 1.39. The number of unbranched alkanes of at least 4 members (excludes halogenated alkanes) is 2. The Morgan fingerprint density at radius 3 is 2.75 bits per heavy atom. The van der Waals surface area contributed by atoms with Crippen molar-refractivity contribution in [3.8, 4) is 22.8 Å². The van der Waals surface area contributed by atoms with E-state index in [0.29, 0.717) is 36.5 Å². The molecule has 204 valence electrons. The number of nitrogens with two attached hydrogens (primary N) is 1.